The van der Waals surface area contributed by atoms with Crippen LogP contribution in [0.15, 0.2) is 62.6 Å². The maximum atomic E-state index is 13.0. The number of benzene rings is 2. The molecule has 7 heteroatoms. The zero-order chi connectivity index (χ0) is 19.0. The first-order chi connectivity index (χ1) is 13.0. The number of para-hydroxylation sites is 1. The van der Waals surface area contributed by atoms with Gasteiger partial charge in [-0.25, -0.2) is 0 Å². The summed E-state index contributed by atoms with van der Waals surface area (Å²) in [5, 5.41) is 9.15. The highest BCUT2D eigenvalue weighted by molar-refractivity contribution is 9.10. The number of aromatic amines is 1. The molecule has 0 saturated heterocycles. The number of fused-ring (bicyclic) bond motifs is 1. The summed E-state index contributed by atoms with van der Waals surface area (Å²) in [6, 6.07) is 15.5. The molecule has 4 rings (SSSR count). The Kier molecular flexibility index (Phi) is 4.88. The standard InChI is InChI=1S/C20H16BrN3O2S/c1-11-17(14-8-4-6-10-16(14)22-11)18(25)12(2)27-20-24-23-19(26-20)13-7-3-5-9-15(13)21/h3-10,12,22H,1-2H3. The fraction of sp³-hybridized carbons (Fsp3) is 0.150. The molecule has 0 bridgehead atoms. The molecule has 136 valence electrons. The molecule has 0 saturated carbocycles. The van der Waals surface area contributed by atoms with Gasteiger partial charge in [-0.2, -0.15) is 0 Å². The number of rotatable bonds is 5. The lowest BCUT2D eigenvalue weighted by Crippen LogP contribution is -2.14. The molecule has 2 aromatic heterocycles. The largest absolute Gasteiger partial charge is 0.411 e. The van der Waals surface area contributed by atoms with E-state index in [2.05, 4.69) is 31.1 Å². The average molecular weight is 442 g/mol. The van der Waals surface area contributed by atoms with Crippen molar-refractivity contribution in [2.24, 2.45) is 0 Å². The number of carbonyl (C=O) groups is 1. The van der Waals surface area contributed by atoms with Crippen LogP contribution < -0.4 is 0 Å². The van der Waals surface area contributed by atoms with E-state index in [0.717, 1.165) is 32.2 Å². The van der Waals surface area contributed by atoms with E-state index >= 15 is 0 Å². The molecular weight excluding hydrogens is 426 g/mol. The maximum Gasteiger partial charge on any atom is 0.277 e. The van der Waals surface area contributed by atoms with Crippen molar-refractivity contribution in [2.75, 3.05) is 0 Å². The fourth-order valence-corrected chi connectivity index (χ4v) is 4.20. The number of hydrogen-bond acceptors (Lipinski definition) is 5. The van der Waals surface area contributed by atoms with Gasteiger partial charge in [-0.3, -0.25) is 4.79 Å². The Morgan fingerprint density at radius 1 is 1.15 bits per heavy atom. The number of aryl methyl sites for hydroxylation is 1. The highest BCUT2D eigenvalue weighted by Crippen LogP contribution is 2.32. The lowest BCUT2D eigenvalue weighted by Gasteiger charge is -2.07. The number of ketones is 1. The van der Waals surface area contributed by atoms with Gasteiger partial charge in [0.25, 0.3) is 5.22 Å². The molecule has 0 radical (unpaired) electrons. The van der Waals surface area contributed by atoms with Gasteiger partial charge in [0, 0.05) is 26.6 Å². The van der Waals surface area contributed by atoms with E-state index < -0.39 is 0 Å². The van der Waals surface area contributed by atoms with E-state index in [1.165, 1.54) is 11.8 Å². The second kappa shape index (κ2) is 7.32. The van der Waals surface area contributed by atoms with Crippen LogP contribution in [0.4, 0.5) is 0 Å². The number of carbonyl (C=O) groups excluding carboxylic acids is 1. The topological polar surface area (TPSA) is 71.8 Å². The minimum Gasteiger partial charge on any atom is -0.411 e. The van der Waals surface area contributed by atoms with Crippen molar-refractivity contribution in [1.82, 2.24) is 15.2 Å². The van der Waals surface area contributed by atoms with Crippen LogP contribution in [0.1, 0.15) is 23.0 Å². The Morgan fingerprint density at radius 3 is 2.70 bits per heavy atom. The van der Waals surface area contributed by atoms with E-state index in [0.29, 0.717) is 11.1 Å². The first kappa shape index (κ1) is 18.0. The third kappa shape index (κ3) is 3.44. The lowest BCUT2D eigenvalue weighted by atomic mass is 10.1. The van der Waals surface area contributed by atoms with Crippen LogP contribution in [-0.4, -0.2) is 26.2 Å². The summed E-state index contributed by atoms with van der Waals surface area (Å²) in [7, 11) is 0. The minimum atomic E-state index is -0.351. The van der Waals surface area contributed by atoms with E-state index in [1.807, 2.05) is 62.4 Å². The van der Waals surface area contributed by atoms with Crippen LogP contribution in [0.3, 0.4) is 0 Å². The Hall–Kier alpha value is -2.38. The summed E-state index contributed by atoms with van der Waals surface area (Å²) < 4.78 is 6.64. The number of hydrogen-bond donors (Lipinski definition) is 1. The molecule has 2 aromatic carbocycles. The molecule has 27 heavy (non-hydrogen) atoms. The smallest absolute Gasteiger partial charge is 0.277 e. The Labute approximate surface area is 168 Å². The predicted octanol–water partition coefficient (Wildman–Crippen LogP) is 5.65. The van der Waals surface area contributed by atoms with Gasteiger partial charge in [0.05, 0.1) is 10.8 Å². The molecule has 0 spiro atoms. The highest BCUT2D eigenvalue weighted by atomic mass is 79.9. The van der Waals surface area contributed by atoms with Crippen molar-refractivity contribution in [3.8, 4) is 11.5 Å². The number of nitrogens with one attached hydrogen (secondary N) is 1. The molecule has 0 aliphatic carbocycles. The molecule has 1 atom stereocenters. The number of aromatic nitrogens is 3. The molecule has 0 amide bonds. The summed E-state index contributed by atoms with van der Waals surface area (Å²) in [5.74, 6) is 0.462. The van der Waals surface area contributed by atoms with Crippen LogP contribution in [0, 0.1) is 6.92 Å². The van der Waals surface area contributed by atoms with Gasteiger partial charge in [0.2, 0.25) is 5.89 Å². The van der Waals surface area contributed by atoms with E-state index in [9.17, 15) is 4.79 Å². The van der Waals surface area contributed by atoms with Gasteiger partial charge in [-0.05, 0) is 48.0 Å². The van der Waals surface area contributed by atoms with Gasteiger partial charge < -0.3 is 9.40 Å². The third-order valence-electron chi connectivity index (χ3n) is 4.30. The lowest BCUT2D eigenvalue weighted by molar-refractivity contribution is 0.0994. The molecular formula is C20H16BrN3O2S. The van der Waals surface area contributed by atoms with E-state index in [4.69, 9.17) is 4.42 Å². The van der Waals surface area contributed by atoms with E-state index in [1.54, 1.807) is 0 Å². The summed E-state index contributed by atoms with van der Waals surface area (Å²) >= 11 is 4.75. The predicted molar refractivity (Wildman–Crippen MR) is 110 cm³/mol. The van der Waals surface area contributed by atoms with Gasteiger partial charge >= 0.3 is 0 Å². The monoisotopic (exact) mass is 441 g/mol. The quantitative estimate of drug-likeness (QED) is 0.319. The SMILES string of the molecule is Cc1[nH]c2ccccc2c1C(=O)C(C)Sc1nnc(-c2ccccc2Br)o1. The summed E-state index contributed by atoms with van der Waals surface area (Å²) in [4.78, 5) is 16.3. The zero-order valence-electron chi connectivity index (χ0n) is 14.7. The van der Waals surface area contributed by atoms with Gasteiger partial charge in [-0.15, -0.1) is 10.2 Å². The maximum absolute atomic E-state index is 13.0. The molecule has 0 aliphatic heterocycles. The van der Waals surface area contributed by atoms with E-state index in [-0.39, 0.29) is 11.0 Å². The molecule has 0 fully saturated rings. The first-order valence-electron chi connectivity index (χ1n) is 8.41. The van der Waals surface area contributed by atoms with Gasteiger partial charge in [0.15, 0.2) is 5.78 Å². The highest BCUT2D eigenvalue weighted by Gasteiger charge is 2.24. The van der Waals surface area contributed by atoms with Crippen molar-refractivity contribution in [3.05, 3.63) is 64.3 Å². The summed E-state index contributed by atoms with van der Waals surface area (Å²) in [6.45, 7) is 3.78. The van der Waals surface area contributed by atoms with Gasteiger partial charge in [-0.1, -0.05) is 42.1 Å². The van der Waals surface area contributed by atoms with Crippen LogP contribution in [0.25, 0.3) is 22.4 Å². The van der Waals surface area contributed by atoms with Gasteiger partial charge in [0.1, 0.15) is 0 Å². The number of H-pyrrole nitrogens is 1. The Balaban J connectivity index is 1.57. The molecule has 2 heterocycles. The Morgan fingerprint density at radius 2 is 1.89 bits per heavy atom. The first-order valence-corrected chi connectivity index (χ1v) is 10.1. The normalized spacial score (nSPS) is 12.4. The van der Waals surface area contributed by atoms with Crippen LogP contribution in [0.2, 0.25) is 0 Å². The van der Waals surface area contributed by atoms with Crippen LogP contribution in [-0.2, 0) is 0 Å². The number of Topliss-reactive ketones (excluding diaryl/α,β-unsaturated/α-hetero) is 1. The molecule has 5 nitrogen and oxygen atoms in total. The molecule has 0 aliphatic rings. The number of halogens is 1. The average Bonchev–Trinajstić information content (AvgIpc) is 3.25. The zero-order valence-corrected chi connectivity index (χ0v) is 17.1. The second-order valence-electron chi connectivity index (χ2n) is 6.15. The second-order valence-corrected chi connectivity index (χ2v) is 8.29. The van der Waals surface area contributed by atoms with Crippen molar-refractivity contribution in [2.45, 2.75) is 24.3 Å². The molecule has 1 N–H and O–H groups in total. The minimum absolute atomic E-state index is 0.0376. The van der Waals surface area contributed by atoms with Crippen molar-refractivity contribution >= 4 is 44.4 Å². The Bertz CT molecular complexity index is 1140. The molecule has 4 aromatic rings. The van der Waals surface area contributed by atoms with Crippen LogP contribution in [0.5, 0.6) is 0 Å². The molecule has 1 unspecified atom stereocenters. The van der Waals surface area contributed by atoms with Crippen molar-refractivity contribution in [3.63, 3.8) is 0 Å². The fourth-order valence-electron chi connectivity index (χ4n) is 3.00. The van der Waals surface area contributed by atoms with Crippen molar-refractivity contribution < 1.29 is 9.21 Å². The van der Waals surface area contributed by atoms with Crippen molar-refractivity contribution in [1.29, 1.82) is 0 Å². The number of nitrogens with zero attached hydrogens (tertiary/aromatic N) is 2. The summed E-state index contributed by atoms with van der Waals surface area (Å²) in [5.41, 5.74) is 3.37. The summed E-state index contributed by atoms with van der Waals surface area (Å²) in [6.07, 6.45) is 0. The third-order valence-corrected chi connectivity index (χ3v) is 5.92. The van der Waals surface area contributed by atoms with Crippen LogP contribution >= 0.6 is 27.7 Å². The number of thioether (sulfide) groups is 1.